The van der Waals surface area contributed by atoms with Gasteiger partial charge in [0.25, 0.3) is 0 Å². The van der Waals surface area contributed by atoms with Crippen molar-refractivity contribution in [2.45, 2.75) is 12.4 Å². The maximum atomic E-state index is 12.8. The minimum Gasteiger partial charge on any atom is -0.457 e. The summed E-state index contributed by atoms with van der Waals surface area (Å²) in [5.74, 6) is 0.561. The second-order valence-corrected chi connectivity index (χ2v) is 6.17. The molecule has 3 aromatic rings. The molecule has 0 amide bonds. The third-order valence-corrected chi connectivity index (χ3v) is 3.93. The van der Waals surface area contributed by atoms with E-state index in [0.717, 1.165) is 36.4 Å². The van der Waals surface area contributed by atoms with Crippen LogP contribution in [0.5, 0.6) is 23.0 Å². The molecule has 10 heteroatoms. The summed E-state index contributed by atoms with van der Waals surface area (Å²) in [7, 11) is 0. The summed E-state index contributed by atoms with van der Waals surface area (Å²) in [6.07, 6.45) is -9.17. The number of nitrogen functional groups attached to an aromatic ring is 2. The number of rotatable bonds is 4. The average Bonchev–Trinajstić information content (AvgIpc) is 2.60. The lowest BCUT2D eigenvalue weighted by Crippen LogP contribution is -2.08. The summed E-state index contributed by atoms with van der Waals surface area (Å²) in [6, 6.07) is 11.9. The fourth-order valence-corrected chi connectivity index (χ4v) is 2.60. The predicted molar refractivity (Wildman–Crippen MR) is 98.3 cm³/mol. The standard InChI is InChI=1S/C20H14F6N2O2/c21-19(22,23)15-6-4-13(9-17(15)27)29-11-2-1-3-12(8-11)30-14-5-7-16(18(28)10-14)20(24,25)26/h1-10H,27-28H2. The molecule has 0 saturated heterocycles. The Bertz CT molecular complexity index is 983. The van der Waals surface area contributed by atoms with Crippen molar-refractivity contribution in [3.8, 4) is 23.0 Å². The van der Waals surface area contributed by atoms with Crippen LogP contribution < -0.4 is 20.9 Å². The van der Waals surface area contributed by atoms with Gasteiger partial charge in [0.05, 0.1) is 11.1 Å². The minimum absolute atomic E-state index is 0.0661. The van der Waals surface area contributed by atoms with Gasteiger partial charge in [0.15, 0.2) is 0 Å². The molecule has 3 rings (SSSR count). The van der Waals surface area contributed by atoms with Crippen molar-refractivity contribution in [3.63, 3.8) is 0 Å². The molecule has 0 aliphatic carbocycles. The first kappa shape index (κ1) is 21.2. The number of halogens is 6. The van der Waals surface area contributed by atoms with E-state index in [-0.39, 0.29) is 23.0 Å². The highest BCUT2D eigenvalue weighted by Gasteiger charge is 2.33. The molecule has 0 fully saturated rings. The first-order valence-corrected chi connectivity index (χ1v) is 8.33. The van der Waals surface area contributed by atoms with Gasteiger partial charge in [0, 0.05) is 29.6 Å². The zero-order valence-corrected chi connectivity index (χ0v) is 15.0. The summed E-state index contributed by atoms with van der Waals surface area (Å²) < 4.78 is 87.6. The second-order valence-electron chi connectivity index (χ2n) is 6.17. The molecule has 4 N–H and O–H groups in total. The lowest BCUT2D eigenvalue weighted by atomic mass is 10.1. The maximum absolute atomic E-state index is 12.8. The van der Waals surface area contributed by atoms with Gasteiger partial charge in [-0.2, -0.15) is 26.3 Å². The highest BCUT2D eigenvalue weighted by molar-refractivity contribution is 5.55. The van der Waals surface area contributed by atoms with Crippen LogP contribution in [0, 0.1) is 0 Å². The summed E-state index contributed by atoms with van der Waals surface area (Å²) >= 11 is 0. The Hall–Kier alpha value is -3.56. The lowest BCUT2D eigenvalue weighted by Gasteiger charge is -2.13. The van der Waals surface area contributed by atoms with E-state index in [1.54, 1.807) is 0 Å². The van der Waals surface area contributed by atoms with Gasteiger partial charge < -0.3 is 20.9 Å². The minimum atomic E-state index is -4.58. The topological polar surface area (TPSA) is 70.5 Å². The summed E-state index contributed by atoms with van der Waals surface area (Å²) in [5, 5.41) is 0. The molecule has 0 radical (unpaired) electrons. The Balaban J connectivity index is 1.77. The molecule has 0 aromatic heterocycles. The van der Waals surface area contributed by atoms with Crippen LogP contribution in [0.15, 0.2) is 60.7 Å². The van der Waals surface area contributed by atoms with Crippen molar-refractivity contribution in [2.75, 3.05) is 11.5 Å². The maximum Gasteiger partial charge on any atom is 0.418 e. The smallest absolute Gasteiger partial charge is 0.418 e. The van der Waals surface area contributed by atoms with Crippen LogP contribution in [0.2, 0.25) is 0 Å². The Labute approximate surface area is 166 Å². The van der Waals surface area contributed by atoms with E-state index >= 15 is 0 Å². The zero-order chi connectivity index (χ0) is 22.1. The van der Waals surface area contributed by atoms with Gasteiger partial charge in [-0.3, -0.25) is 0 Å². The van der Waals surface area contributed by atoms with E-state index in [1.165, 1.54) is 24.3 Å². The van der Waals surface area contributed by atoms with Crippen LogP contribution >= 0.6 is 0 Å². The molecule has 0 spiro atoms. The second kappa shape index (κ2) is 7.69. The SMILES string of the molecule is Nc1cc(Oc2cccc(Oc3ccc(C(F)(F)F)c(N)c3)c2)ccc1C(F)(F)F. The number of hydrogen-bond donors (Lipinski definition) is 2. The van der Waals surface area contributed by atoms with Crippen LogP contribution in [0.3, 0.4) is 0 Å². The first-order chi connectivity index (χ1) is 13.9. The number of nitrogens with two attached hydrogens (primary N) is 2. The van der Waals surface area contributed by atoms with Crippen LogP contribution in [0.1, 0.15) is 11.1 Å². The third kappa shape index (κ3) is 4.88. The van der Waals surface area contributed by atoms with Gasteiger partial charge >= 0.3 is 12.4 Å². The van der Waals surface area contributed by atoms with Gasteiger partial charge in [-0.25, -0.2) is 0 Å². The molecule has 0 aliphatic heterocycles. The molecular formula is C20H14F6N2O2. The van der Waals surface area contributed by atoms with Crippen molar-refractivity contribution in [2.24, 2.45) is 0 Å². The van der Waals surface area contributed by atoms with Crippen molar-refractivity contribution in [3.05, 3.63) is 71.8 Å². The molecule has 3 aromatic carbocycles. The number of hydrogen-bond acceptors (Lipinski definition) is 4. The molecule has 30 heavy (non-hydrogen) atoms. The highest BCUT2D eigenvalue weighted by Crippen LogP contribution is 2.38. The van der Waals surface area contributed by atoms with E-state index in [9.17, 15) is 26.3 Å². The van der Waals surface area contributed by atoms with Crippen LogP contribution in [-0.2, 0) is 12.4 Å². The van der Waals surface area contributed by atoms with Gasteiger partial charge in [0.2, 0.25) is 0 Å². The summed E-state index contributed by atoms with van der Waals surface area (Å²) in [6.45, 7) is 0. The lowest BCUT2D eigenvalue weighted by molar-refractivity contribution is -0.137. The molecule has 0 aliphatic rings. The molecule has 0 atom stereocenters. The Kier molecular flexibility index (Phi) is 5.43. The molecule has 0 bridgehead atoms. The normalized spacial score (nSPS) is 11.9. The summed E-state index contributed by atoms with van der Waals surface area (Å²) in [5.41, 5.74) is 7.92. The van der Waals surface area contributed by atoms with E-state index < -0.39 is 34.9 Å². The highest BCUT2D eigenvalue weighted by atomic mass is 19.4. The summed E-state index contributed by atoms with van der Waals surface area (Å²) in [4.78, 5) is 0. The van der Waals surface area contributed by atoms with E-state index in [2.05, 4.69) is 0 Å². The number of alkyl halides is 6. The van der Waals surface area contributed by atoms with Crippen molar-refractivity contribution >= 4 is 11.4 Å². The van der Waals surface area contributed by atoms with Crippen molar-refractivity contribution < 1.29 is 35.8 Å². The van der Waals surface area contributed by atoms with Gasteiger partial charge in [-0.15, -0.1) is 0 Å². The van der Waals surface area contributed by atoms with Crippen LogP contribution in [-0.4, -0.2) is 0 Å². The Morgan fingerprint density at radius 3 is 1.23 bits per heavy atom. The van der Waals surface area contributed by atoms with Gasteiger partial charge in [-0.1, -0.05) is 6.07 Å². The molecular weight excluding hydrogens is 414 g/mol. The molecule has 0 heterocycles. The molecule has 0 unspecified atom stereocenters. The Morgan fingerprint density at radius 1 is 0.533 bits per heavy atom. The van der Waals surface area contributed by atoms with Crippen LogP contribution in [0.25, 0.3) is 0 Å². The number of benzene rings is 3. The van der Waals surface area contributed by atoms with Crippen molar-refractivity contribution in [1.29, 1.82) is 0 Å². The molecule has 0 saturated carbocycles. The van der Waals surface area contributed by atoms with Gasteiger partial charge in [0.1, 0.15) is 23.0 Å². The number of anilines is 2. The van der Waals surface area contributed by atoms with E-state index in [1.807, 2.05) is 0 Å². The van der Waals surface area contributed by atoms with E-state index in [0.29, 0.717) is 0 Å². The first-order valence-electron chi connectivity index (χ1n) is 8.33. The molecule has 158 valence electrons. The molecule has 4 nitrogen and oxygen atoms in total. The average molecular weight is 428 g/mol. The fourth-order valence-electron chi connectivity index (χ4n) is 2.60. The fraction of sp³-hybridized carbons (Fsp3) is 0.100. The monoisotopic (exact) mass is 428 g/mol. The predicted octanol–water partition coefficient (Wildman–Crippen LogP) is 6.47. The Morgan fingerprint density at radius 2 is 0.900 bits per heavy atom. The van der Waals surface area contributed by atoms with E-state index in [4.69, 9.17) is 20.9 Å². The van der Waals surface area contributed by atoms with Crippen molar-refractivity contribution in [1.82, 2.24) is 0 Å². The quantitative estimate of drug-likeness (QED) is 0.369. The number of ether oxygens (including phenoxy) is 2. The van der Waals surface area contributed by atoms with Crippen LogP contribution in [0.4, 0.5) is 37.7 Å². The third-order valence-electron chi connectivity index (χ3n) is 3.93. The van der Waals surface area contributed by atoms with Gasteiger partial charge in [-0.05, 0) is 36.4 Å². The largest absolute Gasteiger partial charge is 0.457 e. The zero-order valence-electron chi connectivity index (χ0n) is 15.0.